The highest BCUT2D eigenvalue weighted by Crippen LogP contribution is 2.65. The fourth-order valence-corrected chi connectivity index (χ4v) is 2.26. The number of ether oxygens (including phenoxy) is 1. The lowest BCUT2D eigenvalue weighted by molar-refractivity contribution is 0.00482. The van der Waals surface area contributed by atoms with Gasteiger partial charge in [0.2, 0.25) is 0 Å². The van der Waals surface area contributed by atoms with Crippen molar-refractivity contribution in [3.05, 3.63) is 0 Å². The minimum absolute atomic E-state index is 0. The van der Waals surface area contributed by atoms with Crippen molar-refractivity contribution in [2.24, 2.45) is 11.3 Å². The van der Waals surface area contributed by atoms with E-state index in [0.29, 0.717) is 0 Å². The molecule has 1 saturated heterocycles. The average Bonchev–Trinajstić information content (AvgIpc) is 2.57. The highest BCUT2D eigenvalue weighted by molar-refractivity contribution is 5.85. The molecule has 5 heteroatoms. The molecule has 1 aliphatic carbocycles. The Morgan fingerprint density at radius 3 is 2.44 bits per heavy atom. The Morgan fingerprint density at radius 1 is 1.38 bits per heavy atom. The summed E-state index contributed by atoms with van der Waals surface area (Å²) in [5, 5.41) is 3.21. The zero-order chi connectivity index (χ0) is 11.1. The molecule has 96 valence electrons. The van der Waals surface area contributed by atoms with E-state index in [-0.39, 0.29) is 25.1 Å². The van der Waals surface area contributed by atoms with Crippen molar-refractivity contribution in [1.29, 1.82) is 0 Å². The van der Waals surface area contributed by atoms with Gasteiger partial charge in [0.05, 0.1) is 18.6 Å². The number of hydrogen-bond donors (Lipinski definition) is 1. The summed E-state index contributed by atoms with van der Waals surface area (Å²) in [6.07, 6.45) is 2.20. The molecule has 0 bridgehead atoms. The van der Waals surface area contributed by atoms with Gasteiger partial charge in [0.1, 0.15) is 0 Å². The molecule has 2 fully saturated rings. The Morgan fingerprint density at radius 2 is 2.00 bits per heavy atom. The fourth-order valence-electron chi connectivity index (χ4n) is 2.26. The van der Waals surface area contributed by atoms with Crippen molar-refractivity contribution >= 4 is 12.4 Å². The van der Waals surface area contributed by atoms with Gasteiger partial charge in [-0.1, -0.05) is 13.8 Å². The van der Waals surface area contributed by atoms with Crippen molar-refractivity contribution in [1.82, 2.24) is 5.32 Å². The molecular formula is C11H20ClF2NO. The van der Waals surface area contributed by atoms with E-state index in [9.17, 15) is 8.78 Å². The van der Waals surface area contributed by atoms with Gasteiger partial charge in [0.15, 0.2) is 0 Å². The van der Waals surface area contributed by atoms with E-state index in [1.165, 1.54) is 0 Å². The van der Waals surface area contributed by atoms with Gasteiger partial charge in [-0.05, 0) is 19.4 Å². The van der Waals surface area contributed by atoms with Crippen LogP contribution in [0.25, 0.3) is 0 Å². The second-order valence-corrected chi connectivity index (χ2v) is 5.20. The zero-order valence-corrected chi connectivity index (χ0v) is 10.6. The molecule has 0 spiro atoms. The molecule has 0 aromatic rings. The van der Waals surface area contributed by atoms with Crippen LogP contribution in [-0.2, 0) is 4.74 Å². The summed E-state index contributed by atoms with van der Waals surface area (Å²) >= 11 is 0. The largest absolute Gasteiger partial charge is 0.376 e. The second-order valence-electron chi connectivity index (χ2n) is 5.20. The van der Waals surface area contributed by atoms with Gasteiger partial charge in [-0.2, -0.15) is 0 Å². The molecule has 1 N–H and O–H groups in total. The van der Waals surface area contributed by atoms with Crippen LogP contribution in [-0.4, -0.2) is 31.7 Å². The van der Waals surface area contributed by atoms with Gasteiger partial charge >= 0.3 is 0 Å². The molecule has 0 aromatic heterocycles. The highest BCUT2D eigenvalue weighted by Gasteiger charge is 2.74. The molecule has 2 aliphatic rings. The van der Waals surface area contributed by atoms with Crippen LogP contribution in [0.2, 0.25) is 0 Å². The number of nitrogens with one attached hydrogen (secondary N) is 1. The summed E-state index contributed by atoms with van der Waals surface area (Å²) in [5.41, 5.74) is -0.866. The van der Waals surface area contributed by atoms with E-state index in [1.807, 2.05) is 0 Å². The lowest BCUT2D eigenvalue weighted by atomic mass is 10.1. The van der Waals surface area contributed by atoms with E-state index < -0.39 is 17.3 Å². The van der Waals surface area contributed by atoms with Crippen molar-refractivity contribution in [3.8, 4) is 0 Å². The number of alkyl halides is 2. The molecule has 2 rings (SSSR count). The summed E-state index contributed by atoms with van der Waals surface area (Å²) in [6, 6.07) is 0. The summed E-state index contributed by atoms with van der Waals surface area (Å²) in [7, 11) is 0. The maximum Gasteiger partial charge on any atom is 0.259 e. The van der Waals surface area contributed by atoms with Crippen molar-refractivity contribution in [2.75, 3.05) is 19.7 Å². The third-order valence-electron chi connectivity index (χ3n) is 3.83. The Labute approximate surface area is 102 Å². The van der Waals surface area contributed by atoms with E-state index >= 15 is 0 Å². The summed E-state index contributed by atoms with van der Waals surface area (Å²) in [4.78, 5) is 0. The summed E-state index contributed by atoms with van der Waals surface area (Å²) in [6.45, 7) is 5.25. The predicted octanol–water partition coefficient (Wildman–Crippen LogP) is 2.47. The summed E-state index contributed by atoms with van der Waals surface area (Å²) in [5.74, 6) is -3.12. The number of rotatable bonds is 3. The van der Waals surface area contributed by atoms with Gasteiger partial charge < -0.3 is 10.1 Å². The van der Waals surface area contributed by atoms with Gasteiger partial charge in [0, 0.05) is 12.0 Å². The van der Waals surface area contributed by atoms with E-state index in [2.05, 4.69) is 5.32 Å². The fraction of sp³-hybridized carbons (Fsp3) is 1.00. The average molecular weight is 256 g/mol. The Balaban J connectivity index is 0.00000128. The van der Waals surface area contributed by atoms with Crippen LogP contribution < -0.4 is 5.32 Å². The quantitative estimate of drug-likeness (QED) is 0.837. The van der Waals surface area contributed by atoms with E-state index in [4.69, 9.17) is 4.74 Å². The first kappa shape index (κ1) is 14.1. The standard InChI is InChI=1S/C11H19F2NO.ClH/c1-10(2)9(11(10,12)13)7-15-8-4-3-5-14-6-8;/h8-9,14H,3-7H2,1-2H3;1H. The molecule has 1 saturated carbocycles. The first-order chi connectivity index (χ1) is 6.96. The number of halogens is 3. The van der Waals surface area contributed by atoms with Crippen molar-refractivity contribution < 1.29 is 13.5 Å². The van der Waals surface area contributed by atoms with Crippen LogP contribution in [0.3, 0.4) is 0 Å². The Bertz CT molecular complexity index is 228. The van der Waals surface area contributed by atoms with E-state index in [0.717, 1.165) is 25.9 Å². The second kappa shape index (κ2) is 4.75. The molecule has 2 nitrogen and oxygen atoms in total. The lowest BCUT2D eigenvalue weighted by Crippen LogP contribution is -2.35. The lowest BCUT2D eigenvalue weighted by Gasteiger charge is -2.23. The molecule has 2 atom stereocenters. The zero-order valence-electron chi connectivity index (χ0n) is 9.76. The van der Waals surface area contributed by atoms with Crippen molar-refractivity contribution in [3.63, 3.8) is 0 Å². The van der Waals surface area contributed by atoms with Crippen LogP contribution in [0, 0.1) is 11.3 Å². The third-order valence-corrected chi connectivity index (χ3v) is 3.83. The van der Waals surface area contributed by atoms with Crippen LogP contribution in [0.15, 0.2) is 0 Å². The maximum atomic E-state index is 13.2. The third kappa shape index (κ3) is 2.34. The smallest absolute Gasteiger partial charge is 0.259 e. The molecule has 1 heterocycles. The highest BCUT2D eigenvalue weighted by atomic mass is 35.5. The monoisotopic (exact) mass is 255 g/mol. The van der Waals surface area contributed by atoms with Crippen LogP contribution in [0.5, 0.6) is 0 Å². The molecule has 16 heavy (non-hydrogen) atoms. The minimum atomic E-state index is -2.53. The van der Waals surface area contributed by atoms with Crippen LogP contribution in [0.1, 0.15) is 26.7 Å². The van der Waals surface area contributed by atoms with Gasteiger partial charge in [0.25, 0.3) is 5.92 Å². The molecule has 1 aliphatic heterocycles. The topological polar surface area (TPSA) is 21.3 Å². The van der Waals surface area contributed by atoms with Crippen molar-refractivity contribution in [2.45, 2.75) is 38.7 Å². The molecule has 0 aromatic carbocycles. The minimum Gasteiger partial charge on any atom is -0.376 e. The molecular weight excluding hydrogens is 236 g/mol. The van der Waals surface area contributed by atoms with Crippen LogP contribution >= 0.6 is 12.4 Å². The normalized spacial score (nSPS) is 35.2. The molecule has 2 unspecified atom stereocenters. The number of hydrogen-bond acceptors (Lipinski definition) is 2. The summed E-state index contributed by atoms with van der Waals surface area (Å²) < 4.78 is 32.0. The first-order valence-corrected chi connectivity index (χ1v) is 5.66. The molecule has 0 radical (unpaired) electrons. The number of piperidine rings is 1. The first-order valence-electron chi connectivity index (χ1n) is 5.66. The van der Waals surface area contributed by atoms with Gasteiger partial charge in [-0.3, -0.25) is 0 Å². The predicted molar refractivity (Wildman–Crippen MR) is 61.3 cm³/mol. The Hall–Kier alpha value is 0.0700. The molecule has 0 amide bonds. The van der Waals surface area contributed by atoms with Gasteiger partial charge in [-0.15, -0.1) is 12.4 Å². The van der Waals surface area contributed by atoms with Gasteiger partial charge in [-0.25, -0.2) is 8.78 Å². The van der Waals surface area contributed by atoms with E-state index in [1.54, 1.807) is 13.8 Å². The Kier molecular flexibility index (Phi) is 4.19. The van der Waals surface area contributed by atoms with Crippen LogP contribution in [0.4, 0.5) is 8.78 Å². The maximum absolute atomic E-state index is 13.2. The SMILES string of the molecule is CC1(C)C(COC2CCCNC2)C1(F)F.Cl.